The number of aryl methyl sites for hydroxylation is 1. The van der Waals surface area contributed by atoms with Gasteiger partial charge in [0.1, 0.15) is 5.69 Å². The molecule has 100 valence electrons. The Hall–Kier alpha value is -1.65. The van der Waals surface area contributed by atoms with Crippen LogP contribution in [0.3, 0.4) is 0 Å². The highest BCUT2D eigenvalue weighted by Crippen LogP contribution is 2.08. The zero-order valence-electron chi connectivity index (χ0n) is 12.0. The van der Waals surface area contributed by atoms with E-state index in [1.54, 1.807) is 6.07 Å². The maximum Gasteiger partial charge on any atom is 0.270 e. The highest BCUT2D eigenvalue weighted by molar-refractivity contribution is 5.93. The monoisotopic (exact) mass is 250 g/mol. The fourth-order valence-electron chi connectivity index (χ4n) is 1.41. The predicted octanol–water partition coefficient (Wildman–Crippen LogP) is 2.13. The van der Waals surface area contributed by atoms with Crippen LogP contribution in [0.4, 0.5) is 5.95 Å². The molecule has 1 heterocycles. The highest BCUT2D eigenvalue weighted by atomic mass is 16.2. The smallest absolute Gasteiger partial charge is 0.270 e. The molecule has 1 amide bonds. The molecule has 0 aliphatic carbocycles. The van der Waals surface area contributed by atoms with Gasteiger partial charge in [-0.2, -0.15) is 0 Å². The molecule has 0 spiro atoms. The lowest BCUT2D eigenvalue weighted by Crippen LogP contribution is -2.41. The van der Waals surface area contributed by atoms with Crippen LogP contribution in [-0.2, 0) is 0 Å². The number of hydrogen-bond acceptors (Lipinski definition) is 4. The third-order valence-electron chi connectivity index (χ3n) is 1.99. The molecule has 1 aromatic heterocycles. The largest absolute Gasteiger partial charge is 0.352 e. The van der Waals surface area contributed by atoms with Crippen molar-refractivity contribution in [2.45, 2.75) is 53.1 Å². The van der Waals surface area contributed by atoms with Gasteiger partial charge < -0.3 is 10.6 Å². The number of aromatic nitrogens is 2. The maximum absolute atomic E-state index is 12.0. The van der Waals surface area contributed by atoms with E-state index in [1.807, 2.05) is 41.5 Å². The lowest BCUT2D eigenvalue weighted by Gasteiger charge is -2.20. The van der Waals surface area contributed by atoms with Crippen LogP contribution in [0.25, 0.3) is 0 Å². The Bertz CT molecular complexity index is 435. The number of anilines is 1. The fraction of sp³-hybridized carbons (Fsp3) is 0.615. The van der Waals surface area contributed by atoms with Crippen LogP contribution in [0.5, 0.6) is 0 Å². The Kier molecular flexibility index (Phi) is 4.27. The van der Waals surface area contributed by atoms with Gasteiger partial charge in [0, 0.05) is 17.3 Å². The quantitative estimate of drug-likeness (QED) is 0.862. The maximum atomic E-state index is 12.0. The molecule has 0 aliphatic heterocycles. The first kappa shape index (κ1) is 14.4. The van der Waals surface area contributed by atoms with E-state index < -0.39 is 0 Å². The molecule has 0 bridgehead atoms. The Balaban J connectivity index is 2.95. The number of carbonyl (C=O) groups excluding carboxylic acids is 1. The summed E-state index contributed by atoms with van der Waals surface area (Å²) in [5, 5.41) is 5.99. The minimum Gasteiger partial charge on any atom is -0.352 e. The molecule has 0 atom stereocenters. The first-order valence-corrected chi connectivity index (χ1v) is 6.12. The van der Waals surface area contributed by atoms with E-state index in [2.05, 4.69) is 20.6 Å². The van der Waals surface area contributed by atoms with E-state index in [9.17, 15) is 4.79 Å². The Morgan fingerprint density at radius 3 is 2.39 bits per heavy atom. The number of carbonyl (C=O) groups is 1. The molecule has 0 saturated carbocycles. The van der Waals surface area contributed by atoms with Crippen molar-refractivity contribution in [1.29, 1.82) is 0 Å². The summed E-state index contributed by atoms with van der Waals surface area (Å²) in [7, 11) is 0. The number of amides is 1. The second-order valence-electron chi connectivity index (χ2n) is 5.72. The number of rotatable bonds is 3. The van der Waals surface area contributed by atoms with Crippen LogP contribution in [0.2, 0.25) is 0 Å². The third-order valence-corrected chi connectivity index (χ3v) is 1.99. The standard InChI is InChI=1S/C13H22N4O/c1-8(2)14-12-15-9(3)7-10(16-12)11(18)17-13(4,5)6/h7-8H,1-6H3,(H,17,18)(H,14,15,16). The molecule has 1 aromatic rings. The molecule has 0 fully saturated rings. The SMILES string of the molecule is Cc1cc(C(=O)NC(C)(C)C)nc(NC(C)C)n1. The van der Waals surface area contributed by atoms with Gasteiger partial charge in [0.25, 0.3) is 5.91 Å². The van der Waals surface area contributed by atoms with Crippen molar-refractivity contribution in [2.75, 3.05) is 5.32 Å². The van der Waals surface area contributed by atoms with Crippen LogP contribution in [0.15, 0.2) is 6.07 Å². The van der Waals surface area contributed by atoms with E-state index in [1.165, 1.54) is 0 Å². The van der Waals surface area contributed by atoms with Gasteiger partial charge >= 0.3 is 0 Å². The first-order valence-electron chi connectivity index (χ1n) is 6.12. The van der Waals surface area contributed by atoms with Crippen LogP contribution >= 0.6 is 0 Å². The van der Waals surface area contributed by atoms with Gasteiger partial charge in [-0.1, -0.05) is 0 Å². The molecule has 0 aromatic carbocycles. The van der Waals surface area contributed by atoms with Gasteiger partial charge in [-0.15, -0.1) is 0 Å². The van der Waals surface area contributed by atoms with Crippen molar-refractivity contribution >= 4 is 11.9 Å². The molecule has 0 unspecified atom stereocenters. The van der Waals surface area contributed by atoms with Crippen molar-refractivity contribution in [3.63, 3.8) is 0 Å². The summed E-state index contributed by atoms with van der Waals surface area (Å²) in [5.41, 5.74) is 0.884. The zero-order chi connectivity index (χ0) is 13.9. The Labute approximate surface area is 108 Å². The van der Waals surface area contributed by atoms with Gasteiger partial charge in [0.05, 0.1) is 0 Å². The second-order valence-corrected chi connectivity index (χ2v) is 5.72. The van der Waals surface area contributed by atoms with Crippen molar-refractivity contribution in [3.8, 4) is 0 Å². The van der Waals surface area contributed by atoms with Crippen molar-refractivity contribution in [3.05, 3.63) is 17.5 Å². The molecular weight excluding hydrogens is 228 g/mol. The second kappa shape index (κ2) is 5.33. The summed E-state index contributed by atoms with van der Waals surface area (Å²) in [5.74, 6) is 0.309. The van der Waals surface area contributed by atoms with E-state index in [0.717, 1.165) is 5.69 Å². The van der Waals surface area contributed by atoms with E-state index in [0.29, 0.717) is 11.6 Å². The average molecular weight is 250 g/mol. The van der Waals surface area contributed by atoms with Crippen molar-refractivity contribution < 1.29 is 4.79 Å². The van der Waals surface area contributed by atoms with Crippen LogP contribution in [-0.4, -0.2) is 27.5 Å². The van der Waals surface area contributed by atoms with Gasteiger partial charge in [-0.05, 0) is 47.6 Å². The lowest BCUT2D eigenvalue weighted by atomic mass is 10.1. The normalized spacial score (nSPS) is 11.5. The van der Waals surface area contributed by atoms with Crippen molar-refractivity contribution in [1.82, 2.24) is 15.3 Å². The third kappa shape index (κ3) is 4.69. The van der Waals surface area contributed by atoms with E-state index in [-0.39, 0.29) is 17.5 Å². The number of hydrogen-bond donors (Lipinski definition) is 2. The molecule has 5 heteroatoms. The van der Waals surface area contributed by atoms with E-state index >= 15 is 0 Å². The Morgan fingerprint density at radius 2 is 1.89 bits per heavy atom. The summed E-state index contributed by atoms with van der Waals surface area (Å²) in [6.07, 6.45) is 0. The van der Waals surface area contributed by atoms with Crippen molar-refractivity contribution in [2.24, 2.45) is 0 Å². The molecule has 0 radical (unpaired) electrons. The zero-order valence-corrected chi connectivity index (χ0v) is 12.0. The van der Waals surface area contributed by atoms with Gasteiger partial charge in [-0.3, -0.25) is 4.79 Å². The highest BCUT2D eigenvalue weighted by Gasteiger charge is 2.17. The number of nitrogens with zero attached hydrogens (tertiary/aromatic N) is 2. The minimum absolute atomic E-state index is 0.181. The summed E-state index contributed by atoms with van der Waals surface area (Å²) in [6, 6.07) is 1.91. The lowest BCUT2D eigenvalue weighted by molar-refractivity contribution is 0.0914. The summed E-state index contributed by atoms with van der Waals surface area (Å²) >= 11 is 0. The molecule has 18 heavy (non-hydrogen) atoms. The molecular formula is C13H22N4O. The summed E-state index contributed by atoms with van der Waals surface area (Å²) in [4.78, 5) is 20.5. The topological polar surface area (TPSA) is 66.9 Å². The van der Waals surface area contributed by atoms with E-state index in [4.69, 9.17) is 0 Å². The predicted molar refractivity (Wildman–Crippen MR) is 72.7 cm³/mol. The van der Waals surface area contributed by atoms with Gasteiger partial charge in [0.15, 0.2) is 0 Å². The Morgan fingerprint density at radius 1 is 1.28 bits per heavy atom. The van der Waals surface area contributed by atoms with Crippen LogP contribution < -0.4 is 10.6 Å². The summed E-state index contributed by atoms with van der Waals surface area (Å²) in [6.45, 7) is 11.7. The molecule has 5 nitrogen and oxygen atoms in total. The van der Waals surface area contributed by atoms with Crippen LogP contribution in [0, 0.1) is 6.92 Å². The molecule has 2 N–H and O–H groups in total. The minimum atomic E-state index is -0.276. The molecule has 1 rings (SSSR count). The average Bonchev–Trinajstić information content (AvgIpc) is 2.12. The van der Waals surface area contributed by atoms with Gasteiger partial charge in [-0.25, -0.2) is 9.97 Å². The van der Waals surface area contributed by atoms with Gasteiger partial charge in [0.2, 0.25) is 5.95 Å². The molecule has 0 aliphatic rings. The summed E-state index contributed by atoms with van der Waals surface area (Å²) < 4.78 is 0. The first-order chi connectivity index (χ1) is 8.17. The fourth-order valence-corrected chi connectivity index (χ4v) is 1.41. The molecule has 0 saturated heterocycles. The van der Waals surface area contributed by atoms with Crippen LogP contribution in [0.1, 0.15) is 50.8 Å². The number of nitrogens with one attached hydrogen (secondary N) is 2.